The minimum atomic E-state index is 0.494. The van der Waals surface area contributed by atoms with Crippen molar-refractivity contribution in [2.45, 2.75) is 58.4 Å². The molecule has 0 aromatic heterocycles. The van der Waals surface area contributed by atoms with Crippen LogP contribution in [0.2, 0.25) is 0 Å². The average molecular weight is 417 g/mol. The molecule has 118 valence electrons. The molecule has 3 unspecified atom stereocenters. The van der Waals surface area contributed by atoms with Crippen LogP contribution >= 0.6 is 31.9 Å². The molecule has 1 aromatic carbocycles. The number of hydrogen-bond acceptors (Lipinski definition) is 1. The Kier molecular flexibility index (Phi) is 7.24. The zero-order valence-electron chi connectivity index (χ0n) is 13.2. The summed E-state index contributed by atoms with van der Waals surface area (Å²) in [5, 5.41) is 3.81. The topological polar surface area (TPSA) is 12.0 Å². The lowest BCUT2D eigenvalue weighted by atomic mass is 9.75. The summed E-state index contributed by atoms with van der Waals surface area (Å²) < 4.78 is 2.33. The van der Waals surface area contributed by atoms with Gasteiger partial charge in [0.1, 0.15) is 0 Å². The smallest absolute Gasteiger partial charge is 0.0349 e. The van der Waals surface area contributed by atoms with E-state index < -0.39 is 0 Å². The van der Waals surface area contributed by atoms with Crippen molar-refractivity contribution in [1.29, 1.82) is 0 Å². The molecule has 0 spiro atoms. The summed E-state index contributed by atoms with van der Waals surface area (Å²) in [6.45, 7) is 5.69. The molecule has 3 heteroatoms. The van der Waals surface area contributed by atoms with Gasteiger partial charge in [0.2, 0.25) is 0 Å². The highest BCUT2D eigenvalue weighted by Crippen LogP contribution is 2.39. The number of rotatable bonds is 6. The third-order valence-electron chi connectivity index (χ3n) is 4.73. The first kappa shape index (κ1) is 17.5. The minimum absolute atomic E-state index is 0.494. The van der Waals surface area contributed by atoms with Gasteiger partial charge < -0.3 is 5.32 Å². The Morgan fingerprint density at radius 1 is 1.14 bits per heavy atom. The van der Waals surface area contributed by atoms with Gasteiger partial charge in [-0.3, -0.25) is 0 Å². The quantitative estimate of drug-likeness (QED) is 0.560. The summed E-state index contributed by atoms with van der Waals surface area (Å²) in [5.41, 5.74) is 1.42. The Hall–Kier alpha value is 0.140. The normalized spacial score (nSPS) is 24.0. The number of halogens is 2. The van der Waals surface area contributed by atoms with Crippen LogP contribution in [-0.4, -0.2) is 6.54 Å². The predicted octanol–water partition coefficient (Wildman–Crippen LogP) is 6.47. The van der Waals surface area contributed by atoms with Gasteiger partial charge in [0, 0.05) is 15.0 Å². The maximum absolute atomic E-state index is 3.81. The predicted molar refractivity (Wildman–Crippen MR) is 98.6 cm³/mol. The van der Waals surface area contributed by atoms with Crippen molar-refractivity contribution >= 4 is 31.9 Å². The molecule has 0 heterocycles. The van der Waals surface area contributed by atoms with E-state index in [1.54, 1.807) is 0 Å². The van der Waals surface area contributed by atoms with E-state index in [1.165, 1.54) is 44.1 Å². The Morgan fingerprint density at radius 3 is 2.48 bits per heavy atom. The molecule has 0 amide bonds. The van der Waals surface area contributed by atoms with E-state index in [-0.39, 0.29) is 0 Å². The van der Waals surface area contributed by atoms with Crippen LogP contribution in [0.1, 0.15) is 64.0 Å². The molecule has 3 atom stereocenters. The minimum Gasteiger partial charge on any atom is -0.310 e. The van der Waals surface area contributed by atoms with Crippen molar-refractivity contribution in [2.24, 2.45) is 11.8 Å². The highest BCUT2D eigenvalue weighted by Gasteiger charge is 2.28. The third kappa shape index (κ3) is 5.07. The van der Waals surface area contributed by atoms with Gasteiger partial charge in [-0.2, -0.15) is 0 Å². The average Bonchev–Trinajstić information content (AvgIpc) is 2.47. The van der Waals surface area contributed by atoms with Crippen molar-refractivity contribution in [1.82, 2.24) is 5.32 Å². The van der Waals surface area contributed by atoms with Gasteiger partial charge in [-0.1, -0.05) is 65.0 Å². The molecule has 1 nitrogen and oxygen atoms in total. The summed E-state index contributed by atoms with van der Waals surface area (Å²) in [5.74, 6) is 1.70. The van der Waals surface area contributed by atoms with E-state index in [0.29, 0.717) is 6.04 Å². The molecule has 1 aliphatic rings. The van der Waals surface area contributed by atoms with Crippen LogP contribution < -0.4 is 5.32 Å². The van der Waals surface area contributed by atoms with Crippen LogP contribution in [0.5, 0.6) is 0 Å². The van der Waals surface area contributed by atoms with E-state index in [1.807, 2.05) is 0 Å². The number of benzene rings is 1. The maximum Gasteiger partial charge on any atom is 0.0349 e. The van der Waals surface area contributed by atoms with E-state index in [9.17, 15) is 0 Å². The molecule has 1 saturated carbocycles. The Bertz CT molecular complexity index is 427. The molecule has 21 heavy (non-hydrogen) atoms. The fourth-order valence-electron chi connectivity index (χ4n) is 3.62. The van der Waals surface area contributed by atoms with Crippen LogP contribution in [-0.2, 0) is 0 Å². The molecular weight excluding hydrogens is 390 g/mol. The van der Waals surface area contributed by atoms with Crippen molar-refractivity contribution in [3.8, 4) is 0 Å². The van der Waals surface area contributed by atoms with Crippen LogP contribution in [0.15, 0.2) is 27.1 Å². The molecule has 1 fully saturated rings. The maximum atomic E-state index is 3.81. The van der Waals surface area contributed by atoms with Crippen LogP contribution in [0.25, 0.3) is 0 Å². The second-order valence-corrected chi connectivity index (χ2v) is 8.17. The first-order valence-electron chi connectivity index (χ1n) is 8.33. The molecule has 1 aliphatic carbocycles. The van der Waals surface area contributed by atoms with Crippen molar-refractivity contribution in [2.75, 3.05) is 6.54 Å². The first-order valence-corrected chi connectivity index (χ1v) is 9.92. The van der Waals surface area contributed by atoms with Gasteiger partial charge in [-0.05, 0) is 61.4 Å². The largest absolute Gasteiger partial charge is 0.310 e. The number of nitrogens with one attached hydrogen (secondary N) is 1. The van der Waals surface area contributed by atoms with Crippen LogP contribution in [0, 0.1) is 11.8 Å². The van der Waals surface area contributed by atoms with Gasteiger partial charge in [0.25, 0.3) is 0 Å². The zero-order chi connectivity index (χ0) is 15.2. The summed E-state index contributed by atoms with van der Waals surface area (Å²) >= 11 is 7.28. The standard InChI is InChI=1S/C18H27Br2N/c1-3-8-21-18(14-7-5-6-13(4-2)9-14)15-10-16(19)12-17(20)11-15/h10-14,18,21H,3-9H2,1-2H3. The SMILES string of the molecule is CCCNC(c1cc(Br)cc(Br)c1)C1CCCC(CC)C1. The molecule has 0 saturated heterocycles. The molecule has 2 rings (SSSR count). The van der Waals surface area contributed by atoms with E-state index in [0.717, 1.165) is 27.3 Å². The van der Waals surface area contributed by atoms with E-state index in [2.05, 4.69) is 69.2 Å². The van der Waals surface area contributed by atoms with Gasteiger partial charge in [-0.15, -0.1) is 0 Å². The molecule has 1 aromatic rings. The van der Waals surface area contributed by atoms with Crippen molar-refractivity contribution in [3.05, 3.63) is 32.7 Å². The molecule has 1 N–H and O–H groups in total. The first-order chi connectivity index (χ1) is 10.1. The lowest BCUT2D eigenvalue weighted by Gasteiger charge is -2.35. The summed E-state index contributed by atoms with van der Waals surface area (Å²) in [6.07, 6.45) is 8.08. The molecule has 0 bridgehead atoms. The lowest BCUT2D eigenvalue weighted by Crippen LogP contribution is -2.32. The molecular formula is C18H27Br2N. The fourth-order valence-corrected chi connectivity index (χ4v) is 4.95. The van der Waals surface area contributed by atoms with E-state index in [4.69, 9.17) is 0 Å². The van der Waals surface area contributed by atoms with Gasteiger partial charge in [0.15, 0.2) is 0 Å². The molecule has 0 aliphatic heterocycles. The Balaban J connectivity index is 2.20. The zero-order valence-corrected chi connectivity index (χ0v) is 16.3. The Morgan fingerprint density at radius 2 is 1.86 bits per heavy atom. The van der Waals surface area contributed by atoms with Gasteiger partial charge >= 0.3 is 0 Å². The van der Waals surface area contributed by atoms with Crippen LogP contribution in [0.4, 0.5) is 0 Å². The van der Waals surface area contributed by atoms with Crippen LogP contribution in [0.3, 0.4) is 0 Å². The fraction of sp³-hybridized carbons (Fsp3) is 0.667. The molecule has 0 radical (unpaired) electrons. The summed E-state index contributed by atoms with van der Waals surface area (Å²) in [7, 11) is 0. The van der Waals surface area contributed by atoms with Gasteiger partial charge in [-0.25, -0.2) is 0 Å². The summed E-state index contributed by atoms with van der Waals surface area (Å²) in [6, 6.07) is 7.19. The summed E-state index contributed by atoms with van der Waals surface area (Å²) in [4.78, 5) is 0. The van der Waals surface area contributed by atoms with Crippen molar-refractivity contribution in [3.63, 3.8) is 0 Å². The monoisotopic (exact) mass is 415 g/mol. The highest BCUT2D eigenvalue weighted by molar-refractivity contribution is 9.11. The van der Waals surface area contributed by atoms with Crippen molar-refractivity contribution < 1.29 is 0 Å². The number of hydrogen-bond donors (Lipinski definition) is 1. The second-order valence-electron chi connectivity index (χ2n) is 6.34. The lowest BCUT2D eigenvalue weighted by molar-refractivity contribution is 0.209. The van der Waals surface area contributed by atoms with Gasteiger partial charge in [0.05, 0.1) is 0 Å². The third-order valence-corrected chi connectivity index (χ3v) is 5.65. The van der Waals surface area contributed by atoms with E-state index >= 15 is 0 Å². The highest BCUT2D eigenvalue weighted by atomic mass is 79.9. The Labute approximate surface area is 146 Å². The second kappa shape index (κ2) is 8.69.